The Morgan fingerprint density at radius 3 is 1.90 bits per heavy atom. The van der Waals surface area contributed by atoms with E-state index in [1.54, 1.807) is 55.8 Å². The summed E-state index contributed by atoms with van der Waals surface area (Å²) in [5.74, 6) is -3.21. The number of amides is 8. The summed E-state index contributed by atoms with van der Waals surface area (Å²) in [6.07, 6.45) is 2.55. The number of imidazole rings is 1. The molecule has 0 aliphatic carbocycles. The number of rotatable bonds is 36. The number of alkyl halides is 1. The lowest BCUT2D eigenvalue weighted by Crippen LogP contribution is -2.51. The molecule has 0 saturated heterocycles. The molecule has 0 aliphatic heterocycles. The maximum absolute atomic E-state index is 15.1. The second-order valence-electron chi connectivity index (χ2n) is 20.5. The average molecular weight is 1250 g/mol. The summed E-state index contributed by atoms with van der Waals surface area (Å²) >= 11 is 0. The molecule has 0 bridgehead atoms. The van der Waals surface area contributed by atoms with Crippen molar-refractivity contribution in [3.05, 3.63) is 108 Å². The maximum atomic E-state index is 15.1. The Morgan fingerprint density at radius 2 is 1.34 bits per heavy atom. The first-order valence-corrected chi connectivity index (χ1v) is 29.5. The highest BCUT2D eigenvalue weighted by Gasteiger charge is 2.38. The van der Waals surface area contributed by atoms with Crippen LogP contribution in [-0.2, 0) is 60.8 Å². The minimum Gasteiger partial charge on any atom is -0.445 e. The van der Waals surface area contributed by atoms with Crippen LogP contribution < -0.4 is 37.6 Å². The van der Waals surface area contributed by atoms with Gasteiger partial charge in [0.1, 0.15) is 36.7 Å². The number of aliphatic hydroxyl groups is 1. The zero-order valence-electron chi connectivity index (χ0n) is 52.8. The lowest BCUT2D eigenvalue weighted by Gasteiger charge is -2.40. The summed E-state index contributed by atoms with van der Waals surface area (Å²) in [6.45, 7) is 20.0. The number of carbonyl (C=O) groups excluding carboxylic acids is 7. The summed E-state index contributed by atoms with van der Waals surface area (Å²) < 4.78 is 67.9. The Morgan fingerprint density at radius 1 is 0.727 bits per heavy atom. The van der Waals surface area contributed by atoms with Gasteiger partial charge in [0.2, 0.25) is 29.5 Å². The number of ether oxygens (including phenoxy) is 5. The van der Waals surface area contributed by atoms with Gasteiger partial charge in [-0.3, -0.25) is 28.4 Å². The smallest absolute Gasteiger partial charge is 0.407 e. The van der Waals surface area contributed by atoms with Crippen molar-refractivity contribution < 1.29 is 75.5 Å². The van der Waals surface area contributed by atoms with Crippen LogP contribution in [0.4, 0.5) is 28.4 Å². The zero-order chi connectivity index (χ0) is 65.9. The average Bonchev–Trinajstić information content (AvgIpc) is 2.43. The number of aromatic nitrogens is 2. The number of nitrogens with zero attached hydrogens (tertiary/aromatic N) is 3. The first kappa shape index (κ1) is 78.4. The largest absolute Gasteiger partial charge is 0.445 e. The fourth-order valence-corrected chi connectivity index (χ4v) is 8.01. The van der Waals surface area contributed by atoms with E-state index in [2.05, 4.69) is 31.9 Å². The number of hydrogen-bond acceptors (Lipinski definition) is 14. The van der Waals surface area contributed by atoms with Crippen molar-refractivity contribution in [3.63, 3.8) is 0 Å². The molecule has 88 heavy (non-hydrogen) atoms. The second-order valence-corrected chi connectivity index (χ2v) is 20.5. The van der Waals surface area contributed by atoms with E-state index in [0.29, 0.717) is 89.9 Å². The Hall–Kier alpha value is -7.65. The van der Waals surface area contributed by atoms with E-state index in [9.17, 15) is 47.4 Å². The number of benzene rings is 3. The lowest BCUT2D eigenvalue weighted by atomic mass is 9.84. The lowest BCUT2D eigenvalue weighted by molar-refractivity contribution is -0.139. The van der Waals surface area contributed by atoms with Gasteiger partial charge in [0, 0.05) is 63.0 Å². The molecule has 0 saturated carbocycles. The van der Waals surface area contributed by atoms with E-state index in [-0.39, 0.29) is 75.4 Å². The van der Waals surface area contributed by atoms with Gasteiger partial charge in [-0.05, 0) is 65.6 Å². The Labute approximate surface area is 516 Å². The normalized spacial score (nSPS) is 11.4. The van der Waals surface area contributed by atoms with E-state index in [1.807, 2.05) is 71.9 Å². The van der Waals surface area contributed by atoms with Gasteiger partial charge in [-0.25, -0.2) is 23.4 Å². The molecule has 1 aromatic heterocycles. The number of primary amides is 1. The molecule has 1 heterocycles. The Balaban J connectivity index is 0.00000324. The van der Waals surface area contributed by atoms with Crippen LogP contribution in [0, 0.1) is 23.0 Å². The van der Waals surface area contributed by atoms with Crippen molar-refractivity contribution in [3.8, 4) is 11.3 Å². The molecular formula is C62H95F3N10O13. The van der Waals surface area contributed by atoms with E-state index in [4.69, 9.17) is 34.4 Å². The number of nitrogens with two attached hydrogens (primary N) is 1. The van der Waals surface area contributed by atoms with Gasteiger partial charge >= 0.3 is 12.1 Å². The first-order chi connectivity index (χ1) is 42.2. The number of anilines is 1. The number of hydrogen-bond donors (Lipinski definition) is 8. The van der Waals surface area contributed by atoms with Crippen LogP contribution in [0.2, 0.25) is 0 Å². The number of carbonyl (C=O) groups is 7. The van der Waals surface area contributed by atoms with Crippen molar-refractivity contribution in [2.24, 2.45) is 17.1 Å². The fourth-order valence-electron chi connectivity index (χ4n) is 8.01. The van der Waals surface area contributed by atoms with Crippen molar-refractivity contribution in [1.82, 2.24) is 41.0 Å². The van der Waals surface area contributed by atoms with Gasteiger partial charge in [0.15, 0.2) is 0 Å². The molecule has 26 heteroatoms. The van der Waals surface area contributed by atoms with Crippen LogP contribution in [0.3, 0.4) is 0 Å². The van der Waals surface area contributed by atoms with Gasteiger partial charge in [-0.2, -0.15) is 0 Å². The topological polar surface area (TPSA) is 305 Å². The molecule has 8 amide bonds. The van der Waals surface area contributed by atoms with Crippen molar-refractivity contribution >= 4 is 47.3 Å². The van der Waals surface area contributed by atoms with Gasteiger partial charge in [0.05, 0.1) is 78.3 Å². The molecule has 3 aromatic carbocycles. The zero-order valence-corrected chi connectivity index (χ0v) is 52.8. The summed E-state index contributed by atoms with van der Waals surface area (Å²) in [6, 6.07) is 17.0. The number of nitrogens with one attached hydrogen (secondary N) is 6. The van der Waals surface area contributed by atoms with Crippen LogP contribution in [-0.4, -0.2) is 167 Å². The summed E-state index contributed by atoms with van der Waals surface area (Å²) in [4.78, 5) is 91.9. The van der Waals surface area contributed by atoms with Crippen LogP contribution in [0.15, 0.2) is 79.0 Å². The second kappa shape index (κ2) is 45.6. The van der Waals surface area contributed by atoms with Crippen LogP contribution >= 0.6 is 0 Å². The molecule has 0 radical (unpaired) electrons. The molecule has 0 fully saturated rings. The fraction of sp³-hybridized carbons (Fsp3) is 0.548. The molecule has 0 aliphatic rings. The van der Waals surface area contributed by atoms with Crippen LogP contribution in [0.25, 0.3) is 11.3 Å². The SMILES string of the molecule is CC.CCC(=O)NCCOCCOCCOCCOCCC(=O)NC(C(=O)NCC(=O)Nc1ccc(COC(=O)NCCCN(C(=O)CO)C(c2nc(-c3cc(F)ccc3F)cn2Cc2ccccc2)C(C)(C)C)cc1)C(C)C.CCCNC(N)=O.CF. The standard InChI is InChI=1S/C55H76F2N8O12.C4H10N2O.C2H6.CH3F/c1-7-46(67)58-22-25-74-27-29-76-31-30-75-28-26-73-24-20-47(68)63-50(38(2)3)53(71)60-33-48(69)61-42-17-14-40(15-18-42)37-77-54(72)59-21-11-23-65(49(70)36-66)51(55(4,5)6)52-62-45(43-32-41(56)16-19-44(43)57)35-64(52)34-39-12-9-8-10-13-39;1-2-3-6-4(5)7;2*1-2/h8-10,12-19,32,35,38,50-51,66H,7,11,20-31,33-34,36-37H2,1-6H3,(H,58,67)(H,59,72)(H,60,71)(H,61,69)(H,63,68);2-3H2,1H3,(H3,5,6,7);1-2H3;1H3. The summed E-state index contributed by atoms with van der Waals surface area (Å²) in [7, 11) is 0.500. The molecule has 4 rings (SSSR count). The van der Waals surface area contributed by atoms with Gasteiger partial charge in [0.25, 0.3) is 0 Å². The number of aliphatic hydroxyl groups excluding tert-OH is 1. The minimum absolute atomic E-state index is 0.0150. The van der Waals surface area contributed by atoms with Crippen molar-refractivity contribution in [2.75, 3.05) is 105 Å². The highest BCUT2D eigenvalue weighted by atomic mass is 19.1. The number of halogens is 3. The van der Waals surface area contributed by atoms with Crippen LogP contribution in [0.1, 0.15) is 111 Å². The van der Waals surface area contributed by atoms with Crippen LogP contribution in [0.5, 0.6) is 0 Å². The molecular weight excluding hydrogens is 1150 g/mol. The molecule has 2 unspecified atom stereocenters. The van der Waals surface area contributed by atoms with E-state index < -0.39 is 71.5 Å². The number of urea groups is 1. The molecule has 492 valence electrons. The molecule has 4 aromatic rings. The minimum atomic E-state index is -0.890. The third-order valence-electron chi connectivity index (χ3n) is 12.2. The van der Waals surface area contributed by atoms with E-state index in [0.717, 1.165) is 30.2 Å². The highest BCUT2D eigenvalue weighted by molar-refractivity contribution is 5.96. The predicted molar refractivity (Wildman–Crippen MR) is 329 cm³/mol. The predicted octanol–water partition coefficient (Wildman–Crippen LogP) is 6.96. The van der Waals surface area contributed by atoms with E-state index >= 15 is 4.39 Å². The Kier molecular flexibility index (Phi) is 40.6. The highest BCUT2D eigenvalue weighted by Crippen LogP contribution is 2.39. The Bertz CT molecular complexity index is 2650. The molecule has 2 atom stereocenters. The first-order valence-electron chi connectivity index (χ1n) is 29.5. The summed E-state index contributed by atoms with van der Waals surface area (Å²) in [5, 5.41) is 25.9. The third-order valence-corrected chi connectivity index (χ3v) is 12.2. The maximum Gasteiger partial charge on any atom is 0.407 e. The molecule has 9 N–H and O–H groups in total. The molecule has 0 spiro atoms. The quantitative estimate of drug-likeness (QED) is 0.0214. The van der Waals surface area contributed by atoms with Gasteiger partial charge in [-0.15, -0.1) is 0 Å². The van der Waals surface area contributed by atoms with Gasteiger partial charge < -0.3 is 75.9 Å². The monoisotopic (exact) mass is 1240 g/mol. The van der Waals surface area contributed by atoms with Crippen molar-refractivity contribution in [1.29, 1.82) is 0 Å². The summed E-state index contributed by atoms with van der Waals surface area (Å²) in [5.41, 5.74) is 6.13. The molecule has 23 nitrogen and oxygen atoms in total. The van der Waals surface area contributed by atoms with Gasteiger partial charge in [-0.1, -0.05) is 105 Å². The number of alkyl carbamates (subject to hydrolysis) is 1. The third kappa shape index (κ3) is 32.4. The van der Waals surface area contributed by atoms with E-state index in [1.165, 1.54) is 4.90 Å². The van der Waals surface area contributed by atoms with Crippen molar-refractivity contribution in [2.45, 2.75) is 113 Å².